The second-order valence-corrected chi connectivity index (χ2v) is 3.13. The smallest absolute Gasteiger partial charge is 0.405 e. The molecule has 0 bridgehead atoms. The van der Waals surface area contributed by atoms with E-state index in [4.69, 9.17) is 15.6 Å². The van der Waals surface area contributed by atoms with Gasteiger partial charge in [-0.25, -0.2) is 4.79 Å². The lowest BCUT2D eigenvalue weighted by Gasteiger charge is -2.38. The molecule has 1 fully saturated rings. The Kier molecular flexibility index (Phi) is 3.83. The number of aliphatic hydroxyl groups excluding tert-OH is 4. The van der Waals surface area contributed by atoms with Crippen LogP contribution in [0.2, 0.25) is 0 Å². The lowest BCUT2D eigenvalue weighted by atomic mass is 9.99. The van der Waals surface area contributed by atoms with E-state index in [0.717, 1.165) is 0 Å². The number of nitrogens with two attached hydrogens (primary N) is 1. The Morgan fingerprint density at radius 2 is 1.93 bits per heavy atom. The van der Waals surface area contributed by atoms with Gasteiger partial charge in [-0.3, -0.25) is 0 Å². The Morgan fingerprint density at radius 1 is 1.33 bits per heavy atom. The summed E-state index contributed by atoms with van der Waals surface area (Å²) in [5.74, 6) is 0. The van der Waals surface area contributed by atoms with E-state index in [-0.39, 0.29) is 0 Å². The number of carbonyl (C=O) groups excluding carboxylic acids is 1. The van der Waals surface area contributed by atoms with E-state index in [1.807, 2.05) is 0 Å². The summed E-state index contributed by atoms with van der Waals surface area (Å²) in [5.41, 5.74) is 4.69. The Labute approximate surface area is 84.8 Å². The maximum Gasteiger partial charge on any atom is 0.405 e. The second kappa shape index (κ2) is 4.73. The molecule has 0 aromatic rings. The van der Waals surface area contributed by atoms with Crippen LogP contribution in [0.25, 0.3) is 0 Å². The van der Waals surface area contributed by atoms with Crippen molar-refractivity contribution in [1.82, 2.24) is 0 Å². The minimum Gasteiger partial charge on any atom is -0.438 e. The average molecular weight is 223 g/mol. The predicted molar refractivity (Wildman–Crippen MR) is 44.4 cm³/mol. The van der Waals surface area contributed by atoms with Crippen LogP contribution in [0.5, 0.6) is 0 Å². The molecule has 0 spiro atoms. The lowest BCUT2D eigenvalue weighted by Crippen LogP contribution is -2.60. The fraction of sp³-hybridized carbons (Fsp3) is 0.857. The van der Waals surface area contributed by atoms with Gasteiger partial charge in [0, 0.05) is 0 Å². The van der Waals surface area contributed by atoms with Crippen LogP contribution in [0.4, 0.5) is 4.79 Å². The van der Waals surface area contributed by atoms with Gasteiger partial charge in [0.25, 0.3) is 0 Å². The summed E-state index contributed by atoms with van der Waals surface area (Å²) in [6.45, 7) is -0.585. The molecule has 6 N–H and O–H groups in total. The maximum absolute atomic E-state index is 10.4. The molecule has 15 heavy (non-hydrogen) atoms. The third-order valence-corrected chi connectivity index (χ3v) is 2.09. The Hall–Kier alpha value is -0.930. The number of carbonyl (C=O) groups is 1. The highest BCUT2D eigenvalue weighted by atomic mass is 16.7. The fourth-order valence-electron chi connectivity index (χ4n) is 1.33. The Bertz CT molecular complexity index is 235. The van der Waals surface area contributed by atoms with Crippen molar-refractivity contribution in [3.05, 3.63) is 0 Å². The number of primary amides is 1. The number of aliphatic hydroxyl groups is 4. The molecule has 1 aliphatic rings. The van der Waals surface area contributed by atoms with E-state index >= 15 is 0 Å². The van der Waals surface area contributed by atoms with Gasteiger partial charge in [-0.15, -0.1) is 0 Å². The summed E-state index contributed by atoms with van der Waals surface area (Å²) in [4.78, 5) is 10.4. The quantitative estimate of drug-likeness (QED) is 0.333. The van der Waals surface area contributed by atoms with Crippen molar-refractivity contribution in [1.29, 1.82) is 0 Å². The molecule has 1 amide bonds. The van der Waals surface area contributed by atoms with Gasteiger partial charge in [0.05, 0.1) is 6.61 Å². The number of amides is 1. The fourth-order valence-corrected chi connectivity index (χ4v) is 1.33. The molecule has 0 radical (unpaired) electrons. The van der Waals surface area contributed by atoms with Crippen molar-refractivity contribution in [3.8, 4) is 0 Å². The van der Waals surface area contributed by atoms with Crippen LogP contribution in [0.1, 0.15) is 0 Å². The molecule has 0 aromatic heterocycles. The third kappa shape index (κ3) is 2.55. The van der Waals surface area contributed by atoms with Crippen LogP contribution < -0.4 is 5.73 Å². The van der Waals surface area contributed by atoms with E-state index in [0.29, 0.717) is 0 Å². The van der Waals surface area contributed by atoms with Gasteiger partial charge in [0.15, 0.2) is 12.4 Å². The van der Waals surface area contributed by atoms with Gasteiger partial charge >= 0.3 is 6.09 Å². The molecular formula is C7H13NO7. The van der Waals surface area contributed by atoms with Crippen molar-refractivity contribution < 1.29 is 34.7 Å². The summed E-state index contributed by atoms with van der Waals surface area (Å²) in [7, 11) is 0. The lowest BCUT2D eigenvalue weighted by molar-refractivity contribution is -0.285. The molecular weight excluding hydrogens is 210 g/mol. The Morgan fingerprint density at radius 3 is 2.40 bits per heavy atom. The average Bonchev–Trinajstić information content (AvgIpc) is 2.18. The summed E-state index contributed by atoms with van der Waals surface area (Å²) >= 11 is 0. The van der Waals surface area contributed by atoms with Crippen molar-refractivity contribution in [2.24, 2.45) is 5.73 Å². The third-order valence-electron chi connectivity index (χ3n) is 2.09. The van der Waals surface area contributed by atoms with Crippen molar-refractivity contribution in [2.45, 2.75) is 30.7 Å². The number of hydrogen-bond acceptors (Lipinski definition) is 7. The minimum absolute atomic E-state index is 0.585. The first-order valence-electron chi connectivity index (χ1n) is 4.24. The van der Waals surface area contributed by atoms with Crippen LogP contribution in [-0.2, 0) is 9.47 Å². The van der Waals surface area contributed by atoms with Gasteiger partial charge in [0.2, 0.25) is 0 Å². The molecule has 0 aromatic carbocycles. The molecule has 8 nitrogen and oxygen atoms in total. The van der Waals surface area contributed by atoms with E-state index < -0.39 is 43.4 Å². The zero-order valence-electron chi connectivity index (χ0n) is 7.68. The van der Waals surface area contributed by atoms with Crippen LogP contribution in [0.3, 0.4) is 0 Å². The highest BCUT2D eigenvalue weighted by molar-refractivity contribution is 5.64. The van der Waals surface area contributed by atoms with E-state index in [1.165, 1.54) is 0 Å². The largest absolute Gasteiger partial charge is 0.438 e. The Balaban J connectivity index is 2.70. The second-order valence-electron chi connectivity index (χ2n) is 3.13. The van der Waals surface area contributed by atoms with Crippen molar-refractivity contribution >= 4 is 6.09 Å². The SMILES string of the molecule is NC(=O)OC1C(O)OC(CO)C(O)C1O. The zero-order chi connectivity index (χ0) is 11.6. The highest BCUT2D eigenvalue weighted by Gasteiger charge is 2.45. The number of hydrogen-bond donors (Lipinski definition) is 5. The topological polar surface area (TPSA) is 142 Å². The van der Waals surface area contributed by atoms with Gasteiger partial charge in [-0.1, -0.05) is 0 Å². The highest BCUT2D eigenvalue weighted by Crippen LogP contribution is 2.21. The van der Waals surface area contributed by atoms with Gasteiger partial charge in [-0.2, -0.15) is 0 Å². The zero-order valence-corrected chi connectivity index (χ0v) is 7.68. The molecule has 0 saturated carbocycles. The monoisotopic (exact) mass is 223 g/mol. The summed E-state index contributed by atoms with van der Waals surface area (Å²) in [5, 5.41) is 36.8. The first-order chi connectivity index (χ1) is 6.97. The molecule has 1 heterocycles. The van der Waals surface area contributed by atoms with Crippen LogP contribution in [0, 0.1) is 0 Å². The molecule has 0 aliphatic carbocycles. The van der Waals surface area contributed by atoms with Crippen molar-refractivity contribution in [2.75, 3.05) is 6.61 Å². The summed E-state index contributed by atoms with van der Waals surface area (Å²) in [6, 6.07) is 0. The van der Waals surface area contributed by atoms with Crippen molar-refractivity contribution in [3.63, 3.8) is 0 Å². The predicted octanol–water partition coefficient (Wildman–Crippen LogP) is -3.12. The minimum atomic E-state index is -1.65. The van der Waals surface area contributed by atoms with E-state index in [9.17, 15) is 20.1 Å². The van der Waals surface area contributed by atoms with Crippen LogP contribution in [-0.4, -0.2) is 63.8 Å². The number of rotatable bonds is 2. The summed E-state index contributed by atoms with van der Waals surface area (Å²) in [6.07, 6.45) is -8.51. The first-order valence-corrected chi connectivity index (χ1v) is 4.24. The van der Waals surface area contributed by atoms with E-state index in [1.54, 1.807) is 0 Å². The van der Waals surface area contributed by atoms with E-state index in [2.05, 4.69) is 4.74 Å². The van der Waals surface area contributed by atoms with Gasteiger partial charge < -0.3 is 35.6 Å². The normalized spacial score (nSPS) is 41.2. The molecule has 5 unspecified atom stereocenters. The molecule has 1 rings (SSSR count). The summed E-state index contributed by atoms with van der Waals surface area (Å²) < 4.78 is 9.05. The van der Waals surface area contributed by atoms with Gasteiger partial charge in [-0.05, 0) is 0 Å². The van der Waals surface area contributed by atoms with Gasteiger partial charge in [0.1, 0.15) is 18.3 Å². The molecule has 5 atom stereocenters. The molecule has 8 heteroatoms. The number of ether oxygens (including phenoxy) is 2. The molecule has 1 saturated heterocycles. The van der Waals surface area contributed by atoms with Crippen LogP contribution >= 0.6 is 0 Å². The van der Waals surface area contributed by atoms with Crippen LogP contribution in [0.15, 0.2) is 0 Å². The maximum atomic E-state index is 10.4. The molecule has 88 valence electrons. The molecule has 1 aliphatic heterocycles. The standard InChI is InChI=1S/C7H13NO7/c8-7(13)15-5-4(11)3(10)2(1-9)14-6(5)12/h2-6,9-12H,1H2,(H2,8,13). The first kappa shape index (κ1) is 12.1.